The maximum Gasteiger partial charge on any atom is 0.0884 e. The lowest BCUT2D eigenvalue weighted by Crippen LogP contribution is -2.39. The number of nitrogens with zero attached hydrogens (tertiary/aromatic N) is 2. The van der Waals surface area contributed by atoms with E-state index in [9.17, 15) is 0 Å². The molecule has 2 heterocycles. The Morgan fingerprint density at radius 3 is 2.58 bits per heavy atom. The second-order valence-electron chi connectivity index (χ2n) is 4.96. The first-order valence-corrected chi connectivity index (χ1v) is 6.91. The van der Waals surface area contributed by atoms with Gasteiger partial charge in [-0.25, -0.2) is 0 Å². The van der Waals surface area contributed by atoms with Crippen LogP contribution in [-0.2, 0) is 0 Å². The first kappa shape index (κ1) is 12.5. The van der Waals surface area contributed by atoms with Gasteiger partial charge in [-0.1, -0.05) is 23.7 Å². The van der Waals surface area contributed by atoms with E-state index in [2.05, 4.69) is 15.1 Å². The molecule has 0 amide bonds. The maximum atomic E-state index is 5.95. The summed E-state index contributed by atoms with van der Waals surface area (Å²) in [6.45, 7) is 1.97. The van der Waals surface area contributed by atoms with Gasteiger partial charge in [0.25, 0.3) is 0 Å². The fraction of sp³-hybridized carbons (Fsp3) is 0.357. The van der Waals surface area contributed by atoms with E-state index in [1.807, 2.05) is 30.5 Å². The third-order valence-electron chi connectivity index (χ3n) is 3.63. The Morgan fingerprint density at radius 2 is 1.89 bits per heavy atom. The van der Waals surface area contributed by atoms with Crippen LogP contribution in [0.1, 0.15) is 12.8 Å². The van der Waals surface area contributed by atoms with E-state index >= 15 is 0 Å². The SMILES string of the molecule is NC1CCN(c2cn[nH]c2-c2ccc(Cl)cc2)CC1. The monoisotopic (exact) mass is 276 g/mol. The van der Waals surface area contributed by atoms with Crippen LogP contribution in [0.2, 0.25) is 5.02 Å². The van der Waals surface area contributed by atoms with Crippen LogP contribution >= 0.6 is 11.6 Å². The molecule has 19 heavy (non-hydrogen) atoms. The van der Waals surface area contributed by atoms with Crippen molar-refractivity contribution in [1.29, 1.82) is 0 Å². The second kappa shape index (κ2) is 5.23. The van der Waals surface area contributed by atoms with Gasteiger partial charge in [0.1, 0.15) is 0 Å². The molecule has 3 N–H and O–H groups in total. The Labute approximate surface area is 117 Å². The van der Waals surface area contributed by atoms with Crippen molar-refractivity contribution >= 4 is 17.3 Å². The van der Waals surface area contributed by atoms with E-state index in [-0.39, 0.29) is 0 Å². The smallest absolute Gasteiger partial charge is 0.0884 e. The van der Waals surface area contributed by atoms with E-state index < -0.39 is 0 Å². The molecule has 100 valence electrons. The molecule has 0 unspecified atom stereocenters. The van der Waals surface area contributed by atoms with Crippen LogP contribution in [0.3, 0.4) is 0 Å². The number of aromatic amines is 1. The molecule has 0 radical (unpaired) electrons. The van der Waals surface area contributed by atoms with Crippen molar-refractivity contribution < 1.29 is 0 Å². The summed E-state index contributed by atoms with van der Waals surface area (Å²) in [4.78, 5) is 2.34. The third kappa shape index (κ3) is 2.60. The van der Waals surface area contributed by atoms with Crippen molar-refractivity contribution in [1.82, 2.24) is 10.2 Å². The summed E-state index contributed by atoms with van der Waals surface area (Å²) in [6, 6.07) is 8.15. The molecular formula is C14H17ClN4. The van der Waals surface area contributed by atoms with Crippen LogP contribution in [0.5, 0.6) is 0 Å². The summed E-state index contributed by atoms with van der Waals surface area (Å²) in [5.74, 6) is 0. The average Bonchev–Trinajstić information content (AvgIpc) is 2.90. The van der Waals surface area contributed by atoms with Gasteiger partial charge < -0.3 is 10.6 Å². The number of anilines is 1. The van der Waals surface area contributed by atoms with Crippen molar-refractivity contribution in [2.75, 3.05) is 18.0 Å². The molecule has 0 atom stereocenters. The van der Waals surface area contributed by atoms with E-state index in [0.717, 1.165) is 47.9 Å². The first-order chi connectivity index (χ1) is 9.24. The molecule has 1 aliphatic rings. The van der Waals surface area contributed by atoms with Gasteiger partial charge >= 0.3 is 0 Å². The summed E-state index contributed by atoms with van der Waals surface area (Å²) in [7, 11) is 0. The Morgan fingerprint density at radius 1 is 1.21 bits per heavy atom. The van der Waals surface area contributed by atoms with Gasteiger partial charge in [0.15, 0.2) is 0 Å². The summed E-state index contributed by atoms with van der Waals surface area (Å²) in [6.07, 6.45) is 3.96. The van der Waals surface area contributed by atoms with Crippen LogP contribution in [0.4, 0.5) is 5.69 Å². The Kier molecular flexibility index (Phi) is 3.44. The predicted molar refractivity (Wildman–Crippen MR) is 78.5 cm³/mol. The normalized spacial score (nSPS) is 16.8. The highest BCUT2D eigenvalue weighted by molar-refractivity contribution is 6.30. The molecule has 1 aromatic heterocycles. The highest BCUT2D eigenvalue weighted by atomic mass is 35.5. The molecule has 3 rings (SSSR count). The molecule has 0 bridgehead atoms. The van der Waals surface area contributed by atoms with Crippen molar-refractivity contribution in [3.05, 3.63) is 35.5 Å². The van der Waals surface area contributed by atoms with Crippen LogP contribution < -0.4 is 10.6 Å². The van der Waals surface area contributed by atoms with Crippen molar-refractivity contribution in [3.63, 3.8) is 0 Å². The number of hydrogen-bond donors (Lipinski definition) is 2. The van der Waals surface area contributed by atoms with Crippen LogP contribution in [0.15, 0.2) is 30.5 Å². The standard InChI is InChI=1S/C14H17ClN4/c15-11-3-1-10(2-4-11)14-13(9-17-18-14)19-7-5-12(16)6-8-19/h1-4,9,12H,5-8,16H2,(H,17,18). The van der Waals surface area contributed by atoms with Crippen molar-refractivity contribution in [3.8, 4) is 11.3 Å². The molecule has 5 heteroatoms. The zero-order valence-electron chi connectivity index (χ0n) is 10.6. The zero-order chi connectivity index (χ0) is 13.2. The minimum atomic E-state index is 0.335. The molecule has 1 saturated heterocycles. The number of H-pyrrole nitrogens is 1. The first-order valence-electron chi connectivity index (χ1n) is 6.54. The van der Waals surface area contributed by atoms with Crippen LogP contribution in [0.25, 0.3) is 11.3 Å². The highest BCUT2D eigenvalue weighted by Crippen LogP contribution is 2.30. The number of aromatic nitrogens is 2. The lowest BCUT2D eigenvalue weighted by molar-refractivity contribution is 0.501. The Hall–Kier alpha value is -1.52. The molecule has 4 nitrogen and oxygen atoms in total. The topological polar surface area (TPSA) is 57.9 Å². The third-order valence-corrected chi connectivity index (χ3v) is 3.88. The molecule has 1 fully saturated rings. The van der Waals surface area contributed by atoms with Gasteiger partial charge in [-0.3, -0.25) is 5.10 Å². The van der Waals surface area contributed by atoms with Crippen LogP contribution in [-0.4, -0.2) is 29.3 Å². The van der Waals surface area contributed by atoms with E-state index in [1.165, 1.54) is 0 Å². The quantitative estimate of drug-likeness (QED) is 0.887. The largest absolute Gasteiger partial charge is 0.368 e. The summed E-state index contributed by atoms with van der Waals surface area (Å²) >= 11 is 5.93. The number of rotatable bonds is 2. The number of nitrogens with one attached hydrogen (secondary N) is 1. The minimum absolute atomic E-state index is 0.335. The van der Waals surface area contributed by atoms with Gasteiger partial charge in [0, 0.05) is 29.7 Å². The maximum absolute atomic E-state index is 5.95. The molecule has 1 aliphatic heterocycles. The average molecular weight is 277 g/mol. The summed E-state index contributed by atoms with van der Waals surface area (Å²) in [5, 5.41) is 8.01. The zero-order valence-corrected chi connectivity index (χ0v) is 11.4. The molecule has 0 saturated carbocycles. The number of benzene rings is 1. The molecule has 0 spiro atoms. The molecular weight excluding hydrogens is 260 g/mol. The lowest BCUT2D eigenvalue weighted by Gasteiger charge is -2.31. The van der Waals surface area contributed by atoms with Gasteiger partial charge in [-0.05, 0) is 25.0 Å². The predicted octanol–water partition coefficient (Wildman–Crippen LogP) is 2.66. The van der Waals surface area contributed by atoms with E-state index in [4.69, 9.17) is 17.3 Å². The number of hydrogen-bond acceptors (Lipinski definition) is 3. The lowest BCUT2D eigenvalue weighted by atomic mass is 10.0. The highest BCUT2D eigenvalue weighted by Gasteiger charge is 2.20. The van der Waals surface area contributed by atoms with Crippen molar-refractivity contribution in [2.45, 2.75) is 18.9 Å². The van der Waals surface area contributed by atoms with Gasteiger partial charge in [0.05, 0.1) is 17.6 Å². The number of halogens is 1. The van der Waals surface area contributed by atoms with Gasteiger partial charge in [0.2, 0.25) is 0 Å². The molecule has 0 aliphatic carbocycles. The van der Waals surface area contributed by atoms with E-state index in [1.54, 1.807) is 0 Å². The van der Waals surface area contributed by atoms with Gasteiger partial charge in [-0.15, -0.1) is 0 Å². The minimum Gasteiger partial charge on any atom is -0.368 e. The number of nitrogens with two attached hydrogens (primary N) is 1. The molecule has 2 aromatic rings. The summed E-state index contributed by atoms with van der Waals surface area (Å²) in [5.41, 5.74) is 9.25. The van der Waals surface area contributed by atoms with Crippen LogP contribution in [0, 0.1) is 0 Å². The molecule has 1 aromatic carbocycles. The fourth-order valence-electron chi connectivity index (χ4n) is 2.49. The Bertz CT molecular complexity index is 541. The summed E-state index contributed by atoms with van der Waals surface area (Å²) < 4.78 is 0. The van der Waals surface area contributed by atoms with Crippen molar-refractivity contribution in [2.24, 2.45) is 5.73 Å². The van der Waals surface area contributed by atoms with E-state index in [0.29, 0.717) is 6.04 Å². The Balaban J connectivity index is 1.88. The number of piperidine rings is 1. The van der Waals surface area contributed by atoms with Gasteiger partial charge in [-0.2, -0.15) is 5.10 Å². The second-order valence-corrected chi connectivity index (χ2v) is 5.40. The fourth-order valence-corrected chi connectivity index (χ4v) is 2.61.